The number of thiol groups is 2. The van der Waals surface area contributed by atoms with Crippen molar-refractivity contribution in [1.82, 2.24) is 68.0 Å². The van der Waals surface area contributed by atoms with Gasteiger partial charge in [0.05, 0.1) is 19.3 Å². The first-order valence-corrected chi connectivity index (χ1v) is 35.2. The number of carboxylic acid groups (broad SMARTS) is 3. The van der Waals surface area contributed by atoms with Gasteiger partial charge in [0.15, 0.2) is 5.96 Å². The lowest BCUT2D eigenvalue weighted by Gasteiger charge is -2.31. The number of H-pyrrole nitrogens is 2. The Balaban J connectivity index is 1.43. The number of rotatable bonds is 45. The van der Waals surface area contributed by atoms with Crippen LogP contribution in [0.3, 0.4) is 0 Å². The fourth-order valence-electron chi connectivity index (χ4n) is 11.4. The molecular formula is C66H94N18O20S2. The smallest absolute Gasteiger partial charge is 0.327 e. The molecule has 25 N–H and O–H groups in total. The van der Waals surface area contributed by atoms with Crippen molar-refractivity contribution in [3.63, 3.8) is 0 Å². The third-order valence-corrected chi connectivity index (χ3v) is 17.8. The van der Waals surface area contributed by atoms with Crippen LogP contribution in [-0.2, 0) is 84.8 Å². The molecule has 0 saturated carbocycles. The number of aliphatic hydroxyl groups is 2. The largest absolute Gasteiger partial charge is 0.481 e. The van der Waals surface area contributed by atoms with E-state index in [0.29, 0.717) is 32.9 Å². The van der Waals surface area contributed by atoms with Crippen LogP contribution in [0.2, 0.25) is 0 Å². The number of benzene rings is 2. The molecule has 1 aliphatic heterocycles. The van der Waals surface area contributed by atoms with Crippen LogP contribution in [0.4, 0.5) is 0 Å². The summed E-state index contributed by atoms with van der Waals surface area (Å²) in [6.07, 6.45) is -1.70. The molecule has 2 aromatic heterocycles. The highest BCUT2D eigenvalue weighted by molar-refractivity contribution is 7.80. The molecule has 38 nitrogen and oxygen atoms in total. The summed E-state index contributed by atoms with van der Waals surface area (Å²) >= 11 is 7.97. The van der Waals surface area contributed by atoms with Gasteiger partial charge in [0.1, 0.15) is 66.5 Å². The van der Waals surface area contributed by atoms with E-state index in [9.17, 15) is 92.7 Å². The average molecular weight is 1520 g/mol. The number of fused-ring (bicyclic) bond motifs is 2. The van der Waals surface area contributed by atoms with Gasteiger partial charge in [-0.15, -0.1) is 0 Å². The molecule has 4 aromatic rings. The Hall–Kier alpha value is -10.6. The lowest BCUT2D eigenvalue weighted by Crippen LogP contribution is -2.61. The van der Waals surface area contributed by atoms with Crippen LogP contribution in [0.15, 0.2) is 65.9 Å². The minimum absolute atomic E-state index is 0.0131. The van der Waals surface area contributed by atoms with Gasteiger partial charge in [0.2, 0.25) is 70.9 Å². The molecule has 0 bridgehead atoms. The predicted octanol–water partition coefficient (Wildman–Crippen LogP) is -5.38. The van der Waals surface area contributed by atoms with E-state index < -0.39 is 219 Å². The van der Waals surface area contributed by atoms with E-state index in [-0.39, 0.29) is 75.0 Å². The molecule has 40 heteroatoms. The topological polar surface area (TPSA) is 629 Å². The van der Waals surface area contributed by atoms with Crippen molar-refractivity contribution in [3.8, 4) is 0 Å². The van der Waals surface area contributed by atoms with Gasteiger partial charge < -0.3 is 117 Å². The number of carbonyl (C=O) groups is 15. The molecule has 3 heterocycles. The van der Waals surface area contributed by atoms with Gasteiger partial charge in [-0.25, -0.2) is 4.79 Å². The minimum Gasteiger partial charge on any atom is -0.481 e. The number of nitrogens with zero attached hydrogens (tertiary/aromatic N) is 2. The normalized spacial score (nSPS) is 15.8. The van der Waals surface area contributed by atoms with E-state index in [4.69, 9.17) is 22.9 Å². The summed E-state index contributed by atoms with van der Waals surface area (Å²) < 4.78 is 0. The standard InChI is InChI=1S/C66H94N18O20S2/c1-32(2)23-44(58(96)83-49(31-106)65(103)104)78-60(98)46(25-34-27-73-39-12-6-4-10-36(34)39)80-56(94)41(16-19-52(88)89)75-59(97)45(24-33-26-72-38-11-5-3-9-35(33)38)79-57(95)42(17-20-53(90)91)76-63(101)50-14-8-22-84(50)64(102)43(15-18-51(68)87)77-62(100)48(29-86)82-55(93)40(13-7-21-71-66(69)70)74-61(99)47(28-85)81-54(92)37(67)30-105/h3-6,9-12,26-27,32,37,40-50,72-73,85-86,105-106H,7-8,13-25,28-31,67H2,1-2H3,(H2,68,87)(H,74,99)(H,75,97)(H,76,101)(H,77,100)(H,78,98)(H,79,95)(H,80,94)(H,81,92)(H,82,93)(H,83,96)(H,88,89)(H,90,91)(H,103,104)(H4,69,70,71)/t37-,40-,41-,42-,43-,44-,45-,46-,47-,48-,49-,50-/m0/s1. The van der Waals surface area contributed by atoms with Crippen molar-refractivity contribution in [2.75, 3.05) is 37.8 Å². The van der Waals surface area contributed by atoms with Gasteiger partial charge in [-0.05, 0) is 80.5 Å². The van der Waals surface area contributed by atoms with E-state index in [0.717, 1.165) is 4.90 Å². The number of nitrogens with one attached hydrogen (secondary N) is 12. The highest BCUT2D eigenvalue weighted by Gasteiger charge is 2.42. The third kappa shape index (κ3) is 26.5. The first-order valence-electron chi connectivity index (χ1n) is 33.9. The Morgan fingerprint density at radius 2 is 0.925 bits per heavy atom. The Labute approximate surface area is 618 Å². The van der Waals surface area contributed by atoms with Gasteiger partial charge in [0.25, 0.3) is 0 Å². The highest BCUT2D eigenvalue weighted by atomic mass is 32.1. The van der Waals surface area contributed by atoms with Gasteiger partial charge in [-0.2, -0.15) is 25.3 Å². The zero-order valence-corrected chi connectivity index (χ0v) is 60.0. The summed E-state index contributed by atoms with van der Waals surface area (Å²) in [5.41, 5.74) is 24.1. The van der Waals surface area contributed by atoms with Crippen molar-refractivity contribution in [1.29, 1.82) is 0 Å². The van der Waals surface area contributed by atoms with E-state index in [2.05, 4.69) is 93.4 Å². The van der Waals surface area contributed by atoms with Crippen LogP contribution < -0.4 is 76.1 Å². The second-order valence-electron chi connectivity index (χ2n) is 25.6. The van der Waals surface area contributed by atoms with Crippen LogP contribution in [-0.4, -0.2) is 245 Å². The van der Waals surface area contributed by atoms with Gasteiger partial charge in [-0.1, -0.05) is 50.2 Å². The van der Waals surface area contributed by atoms with Gasteiger partial charge in [0, 0.05) is 90.9 Å². The molecule has 12 amide bonds. The fourth-order valence-corrected chi connectivity index (χ4v) is 11.9. The minimum atomic E-state index is -1.90. The summed E-state index contributed by atoms with van der Waals surface area (Å²) in [6.45, 7) is 1.11. The monoisotopic (exact) mass is 1520 g/mol. The number of aliphatic carboxylic acids is 3. The maximum Gasteiger partial charge on any atom is 0.327 e. The maximum atomic E-state index is 15.0. The molecule has 0 aliphatic carbocycles. The van der Waals surface area contributed by atoms with Crippen molar-refractivity contribution in [2.45, 2.75) is 170 Å². The van der Waals surface area contributed by atoms with Crippen LogP contribution in [0.25, 0.3) is 21.8 Å². The molecule has 106 heavy (non-hydrogen) atoms. The molecule has 2 aromatic carbocycles. The van der Waals surface area contributed by atoms with Crippen LogP contribution in [0.5, 0.6) is 0 Å². The van der Waals surface area contributed by atoms with Gasteiger partial charge >= 0.3 is 17.9 Å². The number of hydrogen-bond donors (Lipinski definition) is 23. The fraction of sp³-hybridized carbons (Fsp3) is 0.515. The van der Waals surface area contributed by atoms with Crippen molar-refractivity contribution < 1.29 is 97.5 Å². The zero-order chi connectivity index (χ0) is 78.5. The van der Waals surface area contributed by atoms with Gasteiger partial charge in [-0.3, -0.25) is 72.1 Å². The number of likely N-dealkylation sites (tertiary alicyclic amines) is 1. The second kappa shape index (κ2) is 42.4. The number of nitrogens with two attached hydrogens (primary N) is 4. The molecule has 5 rings (SSSR count). The molecule has 0 radical (unpaired) electrons. The lowest BCUT2D eigenvalue weighted by molar-refractivity contribution is -0.143. The predicted molar refractivity (Wildman–Crippen MR) is 387 cm³/mol. The van der Waals surface area contributed by atoms with E-state index in [1.807, 2.05) is 0 Å². The Kier molecular flexibility index (Phi) is 34.4. The summed E-state index contributed by atoms with van der Waals surface area (Å²) in [6, 6.07) is -5.60. The lowest BCUT2D eigenvalue weighted by atomic mass is 10.00. The summed E-state index contributed by atoms with van der Waals surface area (Å²) in [5.74, 6) is -17.9. The number of hydrogen-bond acceptors (Lipinski definition) is 21. The third-order valence-electron chi connectivity index (χ3n) is 17.0. The first kappa shape index (κ1) is 86.1. The number of aliphatic imine (C=N–C) groups is 1. The quantitative estimate of drug-likeness (QED) is 0.00850. The van der Waals surface area contributed by atoms with E-state index >= 15 is 4.79 Å². The Morgan fingerprint density at radius 3 is 1.38 bits per heavy atom. The SMILES string of the molecule is CC(C)C[C@H](NC(=O)[C@H](Cc1c[nH]c2ccccc12)NC(=O)[C@H](CCC(=O)O)NC(=O)[C@H](Cc1c[nH]c2ccccc12)NC(=O)[C@H](CCC(=O)O)NC(=O)[C@@H]1CCCN1C(=O)[C@H](CCC(N)=O)NC(=O)[C@H](CO)NC(=O)[C@H](CCCN=C(N)N)NC(=O)[C@H](CO)NC(=O)[C@@H](N)CS)C(=O)N[C@@H](CS)C(=O)O. The molecule has 1 aliphatic rings. The molecule has 1 saturated heterocycles. The van der Waals surface area contributed by atoms with Crippen LogP contribution in [0.1, 0.15) is 95.6 Å². The zero-order valence-electron chi connectivity index (χ0n) is 58.2. The number of amides is 12. The summed E-state index contributed by atoms with van der Waals surface area (Å²) in [7, 11) is 0. The number of aromatic amines is 2. The number of primary amides is 1. The average Bonchev–Trinajstić information content (AvgIpc) is 1.63. The number of guanidine groups is 1. The summed E-state index contributed by atoms with van der Waals surface area (Å²) in [4.78, 5) is 215. The Bertz CT molecular complexity index is 3830. The maximum absolute atomic E-state index is 15.0. The first-order chi connectivity index (χ1) is 50.3. The number of aromatic nitrogens is 2. The molecule has 1 fully saturated rings. The molecule has 0 unspecified atom stereocenters. The molecular weight excluding hydrogens is 1430 g/mol. The molecule has 0 spiro atoms. The highest BCUT2D eigenvalue weighted by Crippen LogP contribution is 2.24. The Morgan fingerprint density at radius 1 is 0.519 bits per heavy atom. The summed E-state index contributed by atoms with van der Waals surface area (Å²) in [5, 5.41) is 75.5. The van der Waals surface area contributed by atoms with Crippen molar-refractivity contribution in [3.05, 3.63) is 72.1 Å². The number of carbonyl (C=O) groups excluding carboxylic acids is 12. The van der Waals surface area contributed by atoms with Crippen LogP contribution >= 0.6 is 25.3 Å². The molecule has 580 valence electrons. The number of aliphatic hydroxyl groups excluding tert-OH is 2. The van der Waals surface area contributed by atoms with Crippen molar-refractivity contribution in [2.24, 2.45) is 33.8 Å². The van der Waals surface area contributed by atoms with Crippen molar-refractivity contribution >= 4 is 142 Å². The van der Waals surface area contributed by atoms with E-state index in [1.165, 1.54) is 6.20 Å². The molecule has 12 atom stereocenters. The number of carboxylic acids is 3. The van der Waals surface area contributed by atoms with E-state index in [1.54, 1.807) is 68.6 Å². The second-order valence-corrected chi connectivity index (χ2v) is 26.3. The number of para-hydroxylation sites is 2. The van der Waals surface area contributed by atoms with Crippen LogP contribution in [0, 0.1) is 5.92 Å².